The van der Waals surface area contributed by atoms with Crippen LogP contribution in [0.15, 0.2) is 24.3 Å². The van der Waals surface area contributed by atoms with Crippen LogP contribution < -0.4 is 0 Å². The second-order valence-electron chi connectivity index (χ2n) is 5.84. The molecular weight excluding hydrogens is 224 g/mol. The third kappa shape index (κ3) is 2.19. The lowest BCUT2D eigenvalue weighted by Crippen LogP contribution is -2.23. The molecule has 2 nitrogen and oxygen atoms in total. The molecule has 0 aromatic heterocycles. The van der Waals surface area contributed by atoms with Crippen molar-refractivity contribution in [1.29, 1.82) is 0 Å². The molecule has 3 unspecified atom stereocenters. The Morgan fingerprint density at radius 1 is 1.28 bits per heavy atom. The first-order chi connectivity index (χ1) is 8.75. The second kappa shape index (κ2) is 5.02. The van der Waals surface area contributed by atoms with Crippen molar-refractivity contribution >= 4 is 0 Å². The molecule has 1 aromatic rings. The van der Waals surface area contributed by atoms with Crippen LogP contribution >= 0.6 is 0 Å². The van der Waals surface area contributed by atoms with Gasteiger partial charge in [-0.05, 0) is 42.2 Å². The molecule has 1 saturated heterocycles. The van der Waals surface area contributed by atoms with Gasteiger partial charge in [0.15, 0.2) is 0 Å². The van der Waals surface area contributed by atoms with Crippen LogP contribution in [0.1, 0.15) is 55.8 Å². The van der Waals surface area contributed by atoms with E-state index in [1.54, 1.807) is 0 Å². The molecule has 2 heteroatoms. The molecule has 1 aromatic carbocycles. The molecule has 0 amide bonds. The van der Waals surface area contributed by atoms with Crippen molar-refractivity contribution in [3.63, 3.8) is 0 Å². The third-order valence-corrected chi connectivity index (χ3v) is 4.58. The molecule has 1 heterocycles. The maximum atomic E-state index is 10.5. The average molecular weight is 246 g/mol. The van der Waals surface area contributed by atoms with E-state index in [1.165, 1.54) is 24.8 Å². The van der Waals surface area contributed by atoms with E-state index in [-0.39, 0.29) is 6.10 Å². The lowest BCUT2D eigenvalue weighted by atomic mass is 9.79. The minimum atomic E-state index is -0.470. The topological polar surface area (TPSA) is 29.5 Å². The van der Waals surface area contributed by atoms with Crippen molar-refractivity contribution in [3.05, 3.63) is 35.4 Å². The smallest absolute Gasteiger partial charge is 0.105 e. The molecule has 98 valence electrons. The molecule has 0 spiro atoms. The zero-order chi connectivity index (χ0) is 12.5. The van der Waals surface area contributed by atoms with Crippen molar-refractivity contribution in [2.45, 2.75) is 50.7 Å². The first-order valence-corrected chi connectivity index (χ1v) is 7.15. The highest BCUT2D eigenvalue weighted by atomic mass is 16.5. The number of rotatable bonds is 3. The fourth-order valence-electron chi connectivity index (χ4n) is 3.05. The van der Waals surface area contributed by atoms with Crippen LogP contribution in [0.25, 0.3) is 0 Å². The molecule has 1 saturated carbocycles. The summed E-state index contributed by atoms with van der Waals surface area (Å²) in [5.41, 5.74) is 2.42. The van der Waals surface area contributed by atoms with E-state index in [2.05, 4.69) is 25.1 Å². The Bertz CT molecular complexity index is 411. The van der Waals surface area contributed by atoms with Crippen LogP contribution in [0.2, 0.25) is 0 Å². The molecule has 2 fully saturated rings. The second-order valence-corrected chi connectivity index (χ2v) is 5.84. The van der Waals surface area contributed by atoms with Crippen LogP contribution in [0.4, 0.5) is 0 Å². The Morgan fingerprint density at radius 3 is 2.72 bits per heavy atom. The highest BCUT2D eigenvalue weighted by molar-refractivity contribution is 5.29. The Morgan fingerprint density at radius 2 is 2.11 bits per heavy atom. The molecule has 2 aliphatic rings. The number of benzene rings is 1. The fourth-order valence-corrected chi connectivity index (χ4v) is 3.05. The summed E-state index contributed by atoms with van der Waals surface area (Å²) in [5, 5.41) is 10.5. The third-order valence-electron chi connectivity index (χ3n) is 4.58. The molecule has 3 rings (SSSR count). The van der Waals surface area contributed by atoms with Gasteiger partial charge in [-0.15, -0.1) is 0 Å². The van der Waals surface area contributed by atoms with Gasteiger partial charge < -0.3 is 9.84 Å². The van der Waals surface area contributed by atoms with E-state index >= 15 is 0 Å². The monoisotopic (exact) mass is 246 g/mol. The van der Waals surface area contributed by atoms with Gasteiger partial charge in [-0.1, -0.05) is 37.6 Å². The van der Waals surface area contributed by atoms with Crippen LogP contribution in [0, 0.1) is 5.92 Å². The van der Waals surface area contributed by atoms with E-state index in [0.717, 1.165) is 24.5 Å². The predicted octanol–water partition coefficient (Wildman–Crippen LogP) is 3.41. The first kappa shape index (κ1) is 12.2. The molecule has 1 N–H and O–H groups in total. The number of hydrogen-bond acceptors (Lipinski definition) is 2. The largest absolute Gasteiger partial charge is 0.386 e. The predicted molar refractivity (Wildman–Crippen MR) is 71.5 cm³/mol. The molecular formula is C16H22O2. The number of aliphatic hydroxyl groups excluding tert-OH is 1. The first-order valence-electron chi connectivity index (χ1n) is 7.15. The summed E-state index contributed by atoms with van der Waals surface area (Å²) in [7, 11) is 0. The van der Waals surface area contributed by atoms with Gasteiger partial charge in [-0.25, -0.2) is 0 Å². The zero-order valence-electron chi connectivity index (χ0n) is 11.0. The summed E-state index contributed by atoms with van der Waals surface area (Å²) >= 11 is 0. The normalized spacial score (nSPS) is 30.1. The zero-order valence-corrected chi connectivity index (χ0v) is 11.0. The lowest BCUT2D eigenvalue weighted by molar-refractivity contribution is -0.0178. The van der Waals surface area contributed by atoms with Gasteiger partial charge >= 0.3 is 0 Å². The summed E-state index contributed by atoms with van der Waals surface area (Å²) in [6.45, 7) is 2.95. The summed E-state index contributed by atoms with van der Waals surface area (Å²) < 4.78 is 5.67. The van der Waals surface area contributed by atoms with Gasteiger partial charge in [-0.3, -0.25) is 0 Å². The minimum Gasteiger partial charge on any atom is -0.386 e. The van der Waals surface area contributed by atoms with E-state index in [1.807, 2.05) is 6.07 Å². The van der Waals surface area contributed by atoms with Crippen LogP contribution in [0.3, 0.4) is 0 Å². The standard InChI is InChI=1S/C16H22O2/c1-11-8-9-18-16(11)15(17)14-7-3-6-13(10-14)12-4-2-5-12/h3,6-7,10-12,15-17H,2,4-5,8-9H2,1H3. The van der Waals surface area contributed by atoms with Crippen molar-refractivity contribution in [2.24, 2.45) is 5.92 Å². The maximum absolute atomic E-state index is 10.5. The molecule has 18 heavy (non-hydrogen) atoms. The number of hydrogen-bond donors (Lipinski definition) is 1. The van der Waals surface area contributed by atoms with Crippen molar-refractivity contribution in [3.8, 4) is 0 Å². The van der Waals surface area contributed by atoms with Crippen LogP contribution in [-0.2, 0) is 4.74 Å². The highest BCUT2D eigenvalue weighted by Crippen LogP contribution is 2.38. The fraction of sp³-hybridized carbons (Fsp3) is 0.625. The Kier molecular flexibility index (Phi) is 3.40. The number of aliphatic hydroxyl groups is 1. The molecule has 3 atom stereocenters. The van der Waals surface area contributed by atoms with Gasteiger partial charge in [0.05, 0.1) is 6.10 Å². The van der Waals surface area contributed by atoms with Crippen LogP contribution in [0.5, 0.6) is 0 Å². The minimum absolute atomic E-state index is 0.0263. The summed E-state index contributed by atoms with van der Waals surface area (Å²) in [6.07, 6.45) is 4.51. The van der Waals surface area contributed by atoms with Crippen molar-refractivity contribution in [2.75, 3.05) is 6.61 Å². The molecule has 1 aliphatic heterocycles. The Balaban J connectivity index is 1.78. The Hall–Kier alpha value is -0.860. The van der Waals surface area contributed by atoms with E-state index in [0.29, 0.717) is 5.92 Å². The average Bonchev–Trinajstić information content (AvgIpc) is 2.73. The van der Waals surface area contributed by atoms with E-state index in [9.17, 15) is 5.11 Å². The van der Waals surface area contributed by atoms with E-state index < -0.39 is 6.10 Å². The van der Waals surface area contributed by atoms with Gasteiger partial charge in [0, 0.05) is 6.61 Å². The summed E-state index contributed by atoms with van der Waals surface area (Å²) in [4.78, 5) is 0. The molecule has 1 aliphatic carbocycles. The Labute approximate surface area is 109 Å². The van der Waals surface area contributed by atoms with Crippen molar-refractivity contribution in [1.82, 2.24) is 0 Å². The van der Waals surface area contributed by atoms with Gasteiger partial charge in [0.2, 0.25) is 0 Å². The van der Waals surface area contributed by atoms with Gasteiger partial charge in [0.1, 0.15) is 6.10 Å². The number of ether oxygens (including phenoxy) is 1. The van der Waals surface area contributed by atoms with Crippen LogP contribution in [-0.4, -0.2) is 17.8 Å². The van der Waals surface area contributed by atoms with Crippen molar-refractivity contribution < 1.29 is 9.84 Å². The summed E-state index contributed by atoms with van der Waals surface area (Å²) in [6, 6.07) is 8.48. The molecule has 0 radical (unpaired) electrons. The summed E-state index contributed by atoms with van der Waals surface area (Å²) in [5.74, 6) is 1.17. The van der Waals surface area contributed by atoms with Gasteiger partial charge in [0.25, 0.3) is 0 Å². The maximum Gasteiger partial charge on any atom is 0.105 e. The molecule has 0 bridgehead atoms. The lowest BCUT2D eigenvalue weighted by Gasteiger charge is -2.27. The SMILES string of the molecule is CC1CCOC1C(O)c1cccc(C2CCC2)c1. The highest BCUT2D eigenvalue weighted by Gasteiger charge is 2.32. The van der Waals surface area contributed by atoms with E-state index in [4.69, 9.17) is 4.74 Å². The van der Waals surface area contributed by atoms with Gasteiger partial charge in [-0.2, -0.15) is 0 Å². The quantitative estimate of drug-likeness (QED) is 0.885.